The zero-order valence-electron chi connectivity index (χ0n) is 11.8. The fourth-order valence-electron chi connectivity index (χ4n) is 1.61. The van der Waals surface area contributed by atoms with Gasteiger partial charge in [0.25, 0.3) is 11.8 Å². The van der Waals surface area contributed by atoms with Crippen LogP contribution >= 0.6 is 0 Å². The maximum absolute atomic E-state index is 11.6. The van der Waals surface area contributed by atoms with Gasteiger partial charge in [-0.3, -0.25) is 25.5 Å². The molecule has 0 saturated heterocycles. The first-order valence-corrected chi connectivity index (χ1v) is 6.41. The van der Waals surface area contributed by atoms with Crippen molar-refractivity contribution in [2.75, 3.05) is 0 Å². The lowest BCUT2D eigenvalue weighted by atomic mass is 10.1. The molecule has 0 spiro atoms. The fraction of sp³-hybridized carbons (Fsp3) is 0.133. The van der Waals surface area contributed by atoms with E-state index in [1.807, 2.05) is 31.2 Å². The predicted molar refractivity (Wildman–Crippen MR) is 79.1 cm³/mol. The minimum absolute atomic E-state index is 0.218. The van der Waals surface area contributed by atoms with Crippen LogP contribution < -0.4 is 10.9 Å². The third kappa shape index (κ3) is 4.31. The molecule has 0 unspecified atom stereocenters. The van der Waals surface area contributed by atoms with Crippen molar-refractivity contribution in [2.24, 2.45) is 0 Å². The summed E-state index contributed by atoms with van der Waals surface area (Å²) in [5.41, 5.74) is 7.62. The van der Waals surface area contributed by atoms with Gasteiger partial charge in [-0.25, -0.2) is 0 Å². The molecule has 2 rings (SSSR count). The number of amides is 2. The van der Waals surface area contributed by atoms with E-state index in [2.05, 4.69) is 21.0 Å². The van der Waals surface area contributed by atoms with Crippen LogP contribution in [0.15, 0.2) is 36.4 Å². The van der Waals surface area contributed by atoms with E-state index in [1.54, 1.807) is 19.1 Å². The van der Waals surface area contributed by atoms with E-state index >= 15 is 0 Å². The van der Waals surface area contributed by atoms with Gasteiger partial charge in [0.15, 0.2) is 5.69 Å². The molecule has 0 radical (unpaired) electrons. The molecule has 0 aliphatic carbocycles. The summed E-state index contributed by atoms with van der Waals surface area (Å²) in [7, 11) is 0. The summed E-state index contributed by atoms with van der Waals surface area (Å²) in [4.78, 5) is 23.2. The van der Waals surface area contributed by atoms with Crippen molar-refractivity contribution in [3.63, 3.8) is 0 Å². The number of carbonyl (C=O) groups is 2. The standard InChI is InChI=1S/C15H16N4O2/c1-10-3-5-12(6-4-10)7-8-14(20)18-19-15(21)13-9-11(2)16-17-13/h3-9H,1-2H3,(H,16,17)(H,18,20)(H,19,21)/b8-7+. The van der Waals surface area contributed by atoms with E-state index in [-0.39, 0.29) is 5.69 Å². The number of benzene rings is 1. The van der Waals surface area contributed by atoms with Crippen molar-refractivity contribution in [2.45, 2.75) is 13.8 Å². The Kier molecular flexibility index (Phi) is 4.50. The topological polar surface area (TPSA) is 86.9 Å². The van der Waals surface area contributed by atoms with Gasteiger partial charge in [-0.05, 0) is 31.6 Å². The first-order valence-electron chi connectivity index (χ1n) is 6.41. The van der Waals surface area contributed by atoms with Gasteiger partial charge < -0.3 is 0 Å². The van der Waals surface area contributed by atoms with Crippen LogP contribution in [0.25, 0.3) is 6.08 Å². The van der Waals surface area contributed by atoms with Crippen LogP contribution in [-0.4, -0.2) is 22.0 Å². The minimum Gasteiger partial charge on any atom is -0.282 e. The molecule has 1 heterocycles. The quantitative estimate of drug-likeness (QED) is 0.589. The monoisotopic (exact) mass is 284 g/mol. The Balaban J connectivity index is 1.84. The first kappa shape index (κ1) is 14.5. The Morgan fingerprint density at radius 2 is 1.86 bits per heavy atom. The smallest absolute Gasteiger partial charge is 0.282 e. The third-order valence-corrected chi connectivity index (χ3v) is 2.74. The van der Waals surface area contributed by atoms with Crippen LogP contribution in [0, 0.1) is 13.8 Å². The number of hydrogen-bond donors (Lipinski definition) is 3. The number of aromatic nitrogens is 2. The van der Waals surface area contributed by atoms with Crippen molar-refractivity contribution in [1.82, 2.24) is 21.0 Å². The molecule has 1 aromatic heterocycles. The molecule has 2 amide bonds. The molecule has 0 aliphatic rings. The lowest BCUT2D eigenvalue weighted by Gasteiger charge is -2.02. The molecule has 0 bridgehead atoms. The molecule has 21 heavy (non-hydrogen) atoms. The van der Waals surface area contributed by atoms with Crippen molar-refractivity contribution in [3.05, 3.63) is 58.9 Å². The summed E-state index contributed by atoms with van der Waals surface area (Å²) < 4.78 is 0. The van der Waals surface area contributed by atoms with Crippen LogP contribution in [0.3, 0.4) is 0 Å². The fourth-order valence-corrected chi connectivity index (χ4v) is 1.61. The Hall–Kier alpha value is -2.89. The molecular weight excluding hydrogens is 268 g/mol. The van der Waals surface area contributed by atoms with Gasteiger partial charge in [0.2, 0.25) is 0 Å². The number of hydrogen-bond acceptors (Lipinski definition) is 3. The number of H-pyrrole nitrogens is 1. The Labute approximate surface area is 122 Å². The van der Waals surface area contributed by atoms with Crippen LogP contribution in [0.5, 0.6) is 0 Å². The van der Waals surface area contributed by atoms with E-state index in [1.165, 1.54) is 6.08 Å². The summed E-state index contributed by atoms with van der Waals surface area (Å²) in [6.07, 6.45) is 3.01. The van der Waals surface area contributed by atoms with Crippen molar-refractivity contribution >= 4 is 17.9 Å². The highest BCUT2D eigenvalue weighted by atomic mass is 16.2. The Bertz CT molecular complexity index is 671. The molecule has 2 aromatic rings. The third-order valence-electron chi connectivity index (χ3n) is 2.74. The predicted octanol–water partition coefficient (Wildman–Crippen LogP) is 1.50. The maximum atomic E-state index is 11.6. The largest absolute Gasteiger partial charge is 0.290 e. The van der Waals surface area contributed by atoms with E-state index in [4.69, 9.17) is 0 Å². The number of aryl methyl sites for hydroxylation is 2. The van der Waals surface area contributed by atoms with Gasteiger partial charge in [-0.15, -0.1) is 0 Å². The van der Waals surface area contributed by atoms with Crippen LogP contribution in [0.4, 0.5) is 0 Å². The average molecular weight is 284 g/mol. The van der Waals surface area contributed by atoms with Crippen molar-refractivity contribution in [3.8, 4) is 0 Å². The second-order valence-corrected chi connectivity index (χ2v) is 4.62. The number of nitrogens with zero attached hydrogens (tertiary/aromatic N) is 1. The molecule has 6 nitrogen and oxygen atoms in total. The maximum Gasteiger partial charge on any atom is 0.290 e. The van der Waals surface area contributed by atoms with E-state index in [9.17, 15) is 9.59 Å². The van der Waals surface area contributed by atoms with E-state index in [0.29, 0.717) is 0 Å². The first-order chi connectivity index (χ1) is 10.0. The molecule has 6 heteroatoms. The summed E-state index contributed by atoms with van der Waals surface area (Å²) in [5, 5.41) is 6.44. The molecule has 0 atom stereocenters. The zero-order valence-corrected chi connectivity index (χ0v) is 11.8. The molecule has 0 fully saturated rings. The summed E-state index contributed by atoms with van der Waals surface area (Å²) >= 11 is 0. The Morgan fingerprint density at radius 1 is 1.14 bits per heavy atom. The van der Waals surface area contributed by atoms with E-state index < -0.39 is 11.8 Å². The number of nitrogens with one attached hydrogen (secondary N) is 3. The summed E-state index contributed by atoms with van der Waals surface area (Å²) in [6, 6.07) is 9.32. The Morgan fingerprint density at radius 3 is 2.48 bits per heavy atom. The molecular formula is C15H16N4O2. The highest BCUT2D eigenvalue weighted by molar-refractivity contribution is 5.96. The van der Waals surface area contributed by atoms with Gasteiger partial charge in [0, 0.05) is 11.8 Å². The highest BCUT2D eigenvalue weighted by Gasteiger charge is 2.08. The van der Waals surface area contributed by atoms with Crippen molar-refractivity contribution < 1.29 is 9.59 Å². The lowest BCUT2D eigenvalue weighted by Crippen LogP contribution is -2.40. The zero-order chi connectivity index (χ0) is 15.2. The molecule has 3 N–H and O–H groups in total. The molecule has 1 aromatic carbocycles. The number of aromatic amines is 1. The lowest BCUT2D eigenvalue weighted by molar-refractivity contribution is -0.117. The number of rotatable bonds is 3. The average Bonchev–Trinajstić information content (AvgIpc) is 2.91. The molecule has 108 valence electrons. The van der Waals surface area contributed by atoms with Gasteiger partial charge in [-0.2, -0.15) is 5.10 Å². The normalized spacial score (nSPS) is 10.6. The summed E-state index contributed by atoms with van der Waals surface area (Å²) in [5.74, 6) is -0.896. The van der Waals surface area contributed by atoms with Crippen LogP contribution in [0.2, 0.25) is 0 Å². The van der Waals surface area contributed by atoms with Gasteiger partial charge >= 0.3 is 0 Å². The van der Waals surface area contributed by atoms with Gasteiger partial charge in [0.1, 0.15) is 0 Å². The van der Waals surface area contributed by atoms with Gasteiger partial charge in [-0.1, -0.05) is 29.8 Å². The molecule has 0 saturated carbocycles. The number of carbonyl (C=O) groups excluding carboxylic acids is 2. The van der Waals surface area contributed by atoms with Gasteiger partial charge in [0.05, 0.1) is 0 Å². The van der Waals surface area contributed by atoms with E-state index in [0.717, 1.165) is 16.8 Å². The SMILES string of the molecule is Cc1ccc(/C=C/C(=O)NNC(=O)c2cc(C)[nH]n2)cc1. The second kappa shape index (κ2) is 6.51. The molecule has 0 aliphatic heterocycles. The van der Waals surface area contributed by atoms with Crippen molar-refractivity contribution in [1.29, 1.82) is 0 Å². The number of hydrazine groups is 1. The second-order valence-electron chi connectivity index (χ2n) is 4.62. The highest BCUT2D eigenvalue weighted by Crippen LogP contribution is 2.04. The van der Waals surface area contributed by atoms with Crippen LogP contribution in [0.1, 0.15) is 27.3 Å². The summed E-state index contributed by atoms with van der Waals surface area (Å²) in [6.45, 7) is 3.78. The minimum atomic E-state index is -0.476. The van der Waals surface area contributed by atoms with Crippen LogP contribution in [-0.2, 0) is 4.79 Å².